The Morgan fingerprint density at radius 2 is 1.61 bits per heavy atom. The van der Waals surface area contributed by atoms with Gasteiger partial charge in [-0.1, -0.05) is 12.1 Å². The highest BCUT2D eigenvalue weighted by Gasteiger charge is 2.25. The molecule has 5 nitrogen and oxygen atoms in total. The lowest BCUT2D eigenvalue weighted by Gasteiger charge is -2.15. The lowest BCUT2D eigenvalue weighted by molar-refractivity contribution is -0.120. The zero-order valence-electron chi connectivity index (χ0n) is 9.79. The fraction of sp³-hybridized carbons (Fsp3) is 0.154. The van der Waals surface area contributed by atoms with Gasteiger partial charge in [-0.2, -0.15) is 0 Å². The van der Waals surface area contributed by atoms with E-state index in [4.69, 9.17) is 5.73 Å². The number of rotatable bonds is 3. The predicted molar refractivity (Wildman–Crippen MR) is 65.7 cm³/mol. The second-order valence-corrected chi connectivity index (χ2v) is 4.06. The molecule has 0 bridgehead atoms. The molecule has 2 rings (SSSR count). The van der Waals surface area contributed by atoms with Crippen LogP contribution in [0.2, 0.25) is 0 Å². The second kappa shape index (κ2) is 4.44. The van der Waals surface area contributed by atoms with Crippen LogP contribution in [0.25, 0.3) is 0 Å². The molecule has 0 aromatic heterocycles. The van der Waals surface area contributed by atoms with Gasteiger partial charge in [0, 0.05) is 12.2 Å². The molecule has 1 unspecified atom stereocenters. The van der Waals surface area contributed by atoms with Crippen molar-refractivity contribution >= 4 is 23.4 Å². The van der Waals surface area contributed by atoms with E-state index < -0.39 is 11.8 Å². The molecule has 1 atom stereocenters. The predicted octanol–water partition coefficient (Wildman–Crippen LogP) is 0.705. The number of carbonyl (C=O) groups is 3. The van der Waals surface area contributed by atoms with E-state index in [-0.39, 0.29) is 11.8 Å². The monoisotopic (exact) mass is 244 g/mol. The smallest absolute Gasteiger partial charge is 0.258 e. The lowest BCUT2D eigenvalue weighted by atomic mass is 10.0. The quantitative estimate of drug-likeness (QED) is 0.795. The van der Waals surface area contributed by atoms with Crippen molar-refractivity contribution in [3.8, 4) is 0 Å². The molecule has 0 radical (unpaired) electrons. The number of hydrogen-bond acceptors (Lipinski definition) is 3. The summed E-state index contributed by atoms with van der Waals surface area (Å²) in [6.07, 6.45) is 2.45. The average Bonchev–Trinajstić information content (AvgIpc) is 2.68. The van der Waals surface area contributed by atoms with E-state index >= 15 is 0 Å². The van der Waals surface area contributed by atoms with E-state index in [0.29, 0.717) is 5.69 Å². The number of anilines is 1. The molecule has 92 valence electrons. The summed E-state index contributed by atoms with van der Waals surface area (Å²) in [7, 11) is 0. The molecule has 2 N–H and O–H groups in total. The second-order valence-electron chi connectivity index (χ2n) is 4.06. The van der Waals surface area contributed by atoms with Crippen molar-refractivity contribution in [2.45, 2.75) is 12.8 Å². The Labute approximate surface area is 104 Å². The number of primary amides is 1. The Bertz CT molecular complexity index is 528. The highest BCUT2D eigenvalue weighted by Crippen LogP contribution is 2.22. The Morgan fingerprint density at radius 1 is 1.11 bits per heavy atom. The van der Waals surface area contributed by atoms with E-state index in [1.165, 1.54) is 12.2 Å². The van der Waals surface area contributed by atoms with Crippen molar-refractivity contribution in [3.05, 3.63) is 42.0 Å². The van der Waals surface area contributed by atoms with Crippen LogP contribution in [0.3, 0.4) is 0 Å². The molecule has 18 heavy (non-hydrogen) atoms. The van der Waals surface area contributed by atoms with Gasteiger partial charge < -0.3 is 5.73 Å². The molecular weight excluding hydrogens is 232 g/mol. The molecule has 0 aliphatic carbocycles. The van der Waals surface area contributed by atoms with E-state index in [9.17, 15) is 14.4 Å². The fourth-order valence-electron chi connectivity index (χ4n) is 1.73. The number of benzene rings is 1. The van der Waals surface area contributed by atoms with Gasteiger partial charge in [-0.05, 0) is 24.6 Å². The van der Waals surface area contributed by atoms with Crippen LogP contribution in [0.5, 0.6) is 0 Å². The standard InChI is InChI=1S/C13H12N2O3/c1-8(13(14)18)9-2-4-10(5-3-9)15-11(16)6-7-12(15)17/h2-8H,1H3,(H2,14,18). The number of hydrogen-bond donors (Lipinski definition) is 1. The Kier molecular flexibility index (Phi) is 2.97. The molecule has 5 heteroatoms. The summed E-state index contributed by atoms with van der Waals surface area (Å²) in [5, 5.41) is 0. The maximum absolute atomic E-state index is 11.5. The van der Waals surface area contributed by atoms with Gasteiger partial charge in [0.25, 0.3) is 11.8 Å². The SMILES string of the molecule is CC(C(N)=O)c1ccc(N2C(=O)C=CC2=O)cc1. The lowest BCUT2D eigenvalue weighted by Crippen LogP contribution is -2.29. The summed E-state index contributed by atoms with van der Waals surface area (Å²) in [5.74, 6) is -1.55. The highest BCUT2D eigenvalue weighted by atomic mass is 16.2. The average molecular weight is 244 g/mol. The van der Waals surface area contributed by atoms with Crippen LogP contribution in [-0.4, -0.2) is 17.7 Å². The van der Waals surface area contributed by atoms with Crippen LogP contribution < -0.4 is 10.6 Å². The molecule has 1 aliphatic rings. The van der Waals surface area contributed by atoms with Gasteiger partial charge in [0.05, 0.1) is 11.6 Å². The van der Waals surface area contributed by atoms with Crippen molar-refractivity contribution < 1.29 is 14.4 Å². The van der Waals surface area contributed by atoms with Gasteiger partial charge in [0.1, 0.15) is 0 Å². The minimum atomic E-state index is -0.419. The first-order valence-electron chi connectivity index (χ1n) is 5.46. The fourth-order valence-corrected chi connectivity index (χ4v) is 1.73. The number of amides is 3. The number of carbonyl (C=O) groups excluding carboxylic acids is 3. The molecule has 3 amide bonds. The van der Waals surface area contributed by atoms with Gasteiger partial charge in [-0.25, -0.2) is 4.90 Å². The van der Waals surface area contributed by atoms with Gasteiger partial charge in [-0.3, -0.25) is 14.4 Å². The Balaban J connectivity index is 2.26. The molecule has 0 spiro atoms. The van der Waals surface area contributed by atoms with Crippen molar-refractivity contribution in [2.24, 2.45) is 5.73 Å². The normalized spacial score (nSPS) is 16.2. The van der Waals surface area contributed by atoms with Crippen LogP contribution in [0.1, 0.15) is 18.4 Å². The molecular formula is C13H12N2O3. The van der Waals surface area contributed by atoms with Crippen molar-refractivity contribution in [2.75, 3.05) is 4.90 Å². The maximum Gasteiger partial charge on any atom is 0.258 e. The first-order valence-corrected chi connectivity index (χ1v) is 5.46. The van der Waals surface area contributed by atoms with Gasteiger partial charge >= 0.3 is 0 Å². The minimum absolute atomic E-state index is 0.365. The van der Waals surface area contributed by atoms with E-state index in [1.807, 2.05) is 0 Å². The molecule has 0 saturated carbocycles. The summed E-state index contributed by atoms with van der Waals surface area (Å²) in [6, 6.07) is 6.61. The summed E-state index contributed by atoms with van der Waals surface area (Å²) in [4.78, 5) is 35.0. The van der Waals surface area contributed by atoms with Gasteiger partial charge in [0.15, 0.2) is 0 Å². The molecule has 0 saturated heterocycles. The molecule has 1 heterocycles. The van der Waals surface area contributed by atoms with Crippen LogP contribution in [0, 0.1) is 0 Å². The third-order valence-corrected chi connectivity index (χ3v) is 2.89. The summed E-state index contributed by atoms with van der Waals surface area (Å²) >= 11 is 0. The maximum atomic E-state index is 11.5. The topological polar surface area (TPSA) is 80.5 Å². The number of nitrogens with two attached hydrogens (primary N) is 1. The van der Waals surface area contributed by atoms with Crippen LogP contribution >= 0.6 is 0 Å². The Hall–Kier alpha value is -2.43. The van der Waals surface area contributed by atoms with Crippen LogP contribution in [-0.2, 0) is 14.4 Å². The molecule has 0 fully saturated rings. The zero-order valence-corrected chi connectivity index (χ0v) is 9.79. The van der Waals surface area contributed by atoms with Crippen molar-refractivity contribution in [1.82, 2.24) is 0 Å². The number of imide groups is 1. The van der Waals surface area contributed by atoms with Crippen molar-refractivity contribution in [1.29, 1.82) is 0 Å². The van der Waals surface area contributed by atoms with E-state index in [1.54, 1.807) is 31.2 Å². The molecule has 1 aromatic rings. The third kappa shape index (κ3) is 2.02. The number of nitrogens with zero attached hydrogens (tertiary/aromatic N) is 1. The minimum Gasteiger partial charge on any atom is -0.369 e. The van der Waals surface area contributed by atoms with Gasteiger partial charge in [0.2, 0.25) is 5.91 Å². The third-order valence-electron chi connectivity index (χ3n) is 2.89. The summed E-state index contributed by atoms with van der Waals surface area (Å²) in [6.45, 7) is 1.70. The largest absolute Gasteiger partial charge is 0.369 e. The first kappa shape index (κ1) is 12.0. The first-order chi connectivity index (χ1) is 8.50. The van der Waals surface area contributed by atoms with Crippen LogP contribution in [0.4, 0.5) is 5.69 Å². The molecule has 1 aliphatic heterocycles. The zero-order chi connectivity index (χ0) is 13.3. The molecule has 1 aromatic carbocycles. The van der Waals surface area contributed by atoms with Crippen molar-refractivity contribution in [3.63, 3.8) is 0 Å². The van der Waals surface area contributed by atoms with E-state index in [2.05, 4.69) is 0 Å². The van der Waals surface area contributed by atoms with E-state index in [0.717, 1.165) is 10.5 Å². The summed E-state index contributed by atoms with van der Waals surface area (Å²) in [5.41, 5.74) is 6.44. The highest BCUT2D eigenvalue weighted by molar-refractivity contribution is 6.28. The van der Waals surface area contributed by atoms with Gasteiger partial charge in [-0.15, -0.1) is 0 Å². The summed E-state index contributed by atoms with van der Waals surface area (Å²) < 4.78 is 0. The Morgan fingerprint density at radius 3 is 2.06 bits per heavy atom. The van der Waals surface area contributed by atoms with Crippen LogP contribution in [0.15, 0.2) is 36.4 Å².